The van der Waals surface area contributed by atoms with Gasteiger partial charge in [-0.3, -0.25) is 9.78 Å². The van der Waals surface area contributed by atoms with E-state index < -0.39 is 17.2 Å². The van der Waals surface area contributed by atoms with Gasteiger partial charge in [0.2, 0.25) is 5.91 Å². The summed E-state index contributed by atoms with van der Waals surface area (Å²) < 4.78 is 41.6. The quantitative estimate of drug-likeness (QED) is 0.508. The van der Waals surface area contributed by atoms with E-state index in [1.165, 1.54) is 6.07 Å². The number of nitrogens with one attached hydrogen (secondary N) is 1. The van der Waals surface area contributed by atoms with Crippen molar-refractivity contribution in [3.63, 3.8) is 0 Å². The van der Waals surface area contributed by atoms with Crippen molar-refractivity contribution in [2.24, 2.45) is 7.05 Å². The third-order valence-corrected chi connectivity index (χ3v) is 8.30. The Kier molecular flexibility index (Phi) is 7.12. The van der Waals surface area contributed by atoms with E-state index in [4.69, 9.17) is 0 Å². The van der Waals surface area contributed by atoms with E-state index in [1.54, 1.807) is 6.20 Å². The number of carbonyl (C=O) groups is 1. The normalized spacial score (nSPS) is 19.3. The van der Waals surface area contributed by atoms with Crippen LogP contribution >= 0.6 is 0 Å². The highest BCUT2D eigenvalue weighted by Gasteiger charge is 2.44. The van der Waals surface area contributed by atoms with E-state index in [-0.39, 0.29) is 11.5 Å². The number of benzene rings is 1. The van der Waals surface area contributed by atoms with Crippen molar-refractivity contribution in [2.45, 2.75) is 36.9 Å². The molecule has 0 bridgehead atoms. The summed E-state index contributed by atoms with van der Waals surface area (Å²) >= 11 is 0. The Morgan fingerprint density at radius 3 is 2.46 bits per heavy atom. The van der Waals surface area contributed by atoms with Gasteiger partial charge in [-0.2, -0.15) is 18.4 Å². The second-order valence-corrected chi connectivity index (χ2v) is 10.5. The zero-order chi connectivity index (χ0) is 27.8. The van der Waals surface area contributed by atoms with Crippen molar-refractivity contribution in [3.05, 3.63) is 71.5 Å². The Balaban J connectivity index is 1.41. The van der Waals surface area contributed by atoms with Gasteiger partial charge in [-0.25, -0.2) is 0 Å². The second-order valence-electron chi connectivity index (χ2n) is 10.5. The number of nitrogens with zero attached hydrogens (tertiary/aromatic N) is 5. The molecule has 1 N–H and O–H groups in total. The Labute approximate surface area is 225 Å². The van der Waals surface area contributed by atoms with Gasteiger partial charge < -0.3 is 19.7 Å². The minimum Gasteiger partial charge on any atom is -0.370 e. The van der Waals surface area contributed by atoms with Crippen molar-refractivity contribution >= 4 is 11.6 Å². The molecule has 2 saturated heterocycles. The molecule has 0 unspecified atom stereocenters. The van der Waals surface area contributed by atoms with Crippen LogP contribution in [0.3, 0.4) is 0 Å². The minimum atomic E-state index is -4.52. The van der Waals surface area contributed by atoms with Crippen molar-refractivity contribution in [3.8, 4) is 17.5 Å². The molecule has 0 saturated carbocycles. The van der Waals surface area contributed by atoms with Crippen LogP contribution in [0.4, 0.5) is 18.9 Å². The summed E-state index contributed by atoms with van der Waals surface area (Å²) in [6, 6.07) is 13.3. The van der Waals surface area contributed by atoms with Crippen LogP contribution in [0.25, 0.3) is 11.4 Å². The van der Waals surface area contributed by atoms with E-state index in [9.17, 15) is 23.2 Å². The monoisotopic (exact) mass is 536 g/mol. The van der Waals surface area contributed by atoms with Gasteiger partial charge >= 0.3 is 6.18 Å². The molecule has 1 amide bonds. The standard InChI is InChI=1S/C29H31F3N6O/c1-36-13-9-23(36)19-35-27(39)28(22-5-7-24(34-18-22)26-4-3-12-37(26)2)10-14-38(15-11-28)25-8-6-21(29(30,31)32)16-20(25)17-33/h3-8,12,16,18,23H,9-11,13-15,19H2,1-2H3,(H,35,39)/t23-/m0/s1. The van der Waals surface area contributed by atoms with Crippen LogP contribution in [-0.4, -0.2) is 59.6 Å². The summed E-state index contributed by atoms with van der Waals surface area (Å²) in [5, 5.41) is 12.8. The third-order valence-electron chi connectivity index (χ3n) is 8.30. The first-order chi connectivity index (χ1) is 18.6. The molecule has 5 rings (SSSR count). The molecule has 2 fully saturated rings. The van der Waals surface area contributed by atoms with Crippen LogP contribution in [0.5, 0.6) is 0 Å². The number of likely N-dealkylation sites (tertiary alicyclic amines) is 1. The molecule has 7 nitrogen and oxygen atoms in total. The molecule has 2 aliphatic heterocycles. The molecule has 0 spiro atoms. The Bertz CT molecular complexity index is 1380. The number of hydrogen-bond donors (Lipinski definition) is 1. The number of aryl methyl sites for hydroxylation is 1. The molecular weight excluding hydrogens is 505 g/mol. The molecular formula is C29H31F3N6O. The predicted octanol–water partition coefficient (Wildman–Crippen LogP) is 4.34. The van der Waals surface area contributed by atoms with Crippen LogP contribution < -0.4 is 10.2 Å². The van der Waals surface area contributed by atoms with Crippen molar-refractivity contribution < 1.29 is 18.0 Å². The molecule has 3 aromatic rings. The largest absolute Gasteiger partial charge is 0.416 e. The molecule has 10 heteroatoms. The van der Waals surface area contributed by atoms with Gasteiger partial charge in [-0.05, 0) is 74.8 Å². The average Bonchev–Trinajstić information content (AvgIpc) is 3.37. The molecule has 39 heavy (non-hydrogen) atoms. The molecule has 2 aromatic heterocycles. The lowest BCUT2D eigenvalue weighted by Crippen LogP contribution is -2.56. The first-order valence-electron chi connectivity index (χ1n) is 13.1. The van der Waals surface area contributed by atoms with E-state index >= 15 is 0 Å². The zero-order valence-corrected chi connectivity index (χ0v) is 22.0. The van der Waals surface area contributed by atoms with E-state index in [0.717, 1.165) is 42.0 Å². The van der Waals surface area contributed by atoms with Crippen molar-refractivity contribution in [2.75, 3.05) is 38.1 Å². The minimum absolute atomic E-state index is 0.0246. The Hall–Kier alpha value is -3.84. The maximum absolute atomic E-state index is 13.8. The number of alkyl halides is 3. The number of aromatic nitrogens is 2. The summed E-state index contributed by atoms with van der Waals surface area (Å²) in [6.45, 7) is 2.40. The summed E-state index contributed by atoms with van der Waals surface area (Å²) in [5.74, 6) is -0.0659. The van der Waals surface area contributed by atoms with Crippen LogP contribution in [0.15, 0.2) is 54.9 Å². The van der Waals surface area contributed by atoms with Crippen LogP contribution in [0.1, 0.15) is 36.0 Å². The average molecular weight is 537 g/mol. The highest BCUT2D eigenvalue weighted by molar-refractivity contribution is 5.89. The Morgan fingerprint density at radius 2 is 1.92 bits per heavy atom. The number of halogens is 3. The van der Waals surface area contributed by atoms with Crippen LogP contribution in [-0.2, 0) is 23.4 Å². The van der Waals surface area contributed by atoms with Gasteiger partial charge in [-0.15, -0.1) is 0 Å². The molecule has 4 heterocycles. The molecule has 1 atom stereocenters. The van der Waals surface area contributed by atoms with Gasteiger partial charge in [0.05, 0.1) is 33.6 Å². The van der Waals surface area contributed by atoms with Gasteiger partial charge in [-0.1, -0.05) is 6.07 Å². The lowest BCUT2D eigenvalue weighted by atomic mass is 9.72. The fraction of sp³-hybridized carbons (Fsp3) is 0.414. The van der Waals surface area contributed by atoms with Gasteiger partial charge in [0.1, 0.15) is 6.07 Å². The number of carbonyl (C=O) groups excluding carboxylic acids is 1. The van der Waals surface area contributed by atoms with E-state index in [0.29, 0.717) is 44.2 Å². The second kappa shape index (κ2) is 10.4. The SMILES string of the molecule is CN1CC[C@H]1CNC(=O)C1(c2ccc(-c3cccn3C)nc2)CCN(c2ccc(C(F)(F)F)cc2C#N)CC1. The lowest BCUT2D eigenvalue weighted by molar-refractivity contribution is -0.137. The fourth-order valence-electron chi connectivity index (χ4n) is 5.62. The van der Waals surface area contributed by atoms with Crippen molar-refractivity contribution in [1.82, 2.24) is 19.8 Å². The predicted molar refractivity (Wildman–Crippen MR) is 142 cm³/mol. The first kappa shape index (κ1) is 26.8. The number of nitriles is 1. The summed E-state index contributed by atoms with van der Waals surface area (Å²) in [4.78, 5) is 22.6. The smallest absolute Gasteiger partial charge is 0.370 e. The maximum Gasteiger partial charge on any atom is 0.416 e. The number of rotatable bonds is 6. The maximum atomic E-state index is 13.8. The number of likely N-dealkylation sites (N-methyl/N-ethyl adjacent to an activating group) is 1. The van der Waals surface area contributed by atoms with Crippen LogP contribution in [0, 0.1) is 11.3 Å². The fourth-order valence-corrected chi connectivity index (χ4v) is 5.62. The third kappa shape index (κ3) is 5.11. The number of amides is 1. The molecule has 2 aliphatic rings. The van der Waals surface area contributed by atoms with Gasteiger partial charge in [0.25, 0.3) is 0 Å². The summed E-state index contributed by atoms with van der Waals surface area (Å²) in [5.41, 5.74) is 1.33. The van der Waals surface area contributed by atoms with Gasteiger partial charge in [0, 0.05) is 45.1 Å². The van der Waals surface area contributed by atoms with Crippen LogP contribution in [0.2, 0.25) is 0 Å². The zero-order valence-electron chi connectivity index (χ0n) is 22.0. The highest BCUT2D eigenvalue weighted by Crippen LogP contribution is 2.39. The molecule has 1 aromatic carbocycles. The molecule has 0 aliphatic carbocycles. The number of pyridine rings is 1. The summed E-state index contributed by atoms with van der Waals surface area (Å²) in [7, 11) is 3.99. The van der Waals surface area contributed by atoms with E-state index in [1.807, 2.05) is 60.1 Å². The topological polar surface area (TPSA) is 77.2 Å². The molecule has 204 valence electrons. The summed E-state index contributed by atoms with van der Waals surface area (Å²) in [6.07, 6.45) is 1.12. The highest BCUT2D eigenvalue weighted by atomic mass is 19.4. The van der Waals surface area contributed by atoms with Gasteiger partial charge in [0.15, 0.2) is 0 Å². The lowest BCUT2D eigenvalue weighted by Gasteiger charge is -2.43. The van der Waals surface area contributed by atoms with Crippen molar-refractivity contribution in [1.29, 1.82) is 5.26 Å². The number of anilines is 1. The van der Waals surface area contributed by atoms with E-state index in [2.05, 4.69) is 15.2 Å². The molecule has 0 radical (unpaired) electrons. The number of piperidine rings is 1. The number of hydrogen-bond acceptors (Lipinski definition) is 5. The Morgan fingerprint density at radius 1 is 1.15 bits per heavy atom. The first-order valence-corrected chi connectivity index (χ1v) is 13.1.